The molecule has 0 radical (unpaired) electrons. The predicted molar refractivity (Wildman–Crippen MR) is 72.0 cm³/mol. The lowest BCUT2D eigenvalue weighted by molar-refractivity contribution is 1.35. The molecule has 0 aromatic heterocycles. The fraction of sp³-hybridized carbons (Fsp3) is 0.429. The van der Waals surface area contributed by atoms with Crippen molar-refractivity contribution in [3.8, 4) is 0 Å². The van der Waals surface area contributed by atoms with Crippen LogP contribution in [0.1, 0.15) is 16.7 Å². The van der Waals surface area contributed by atoms with Gasteiger partial charge in [0, 0.05) is 0 Å². The van der Waals surface area contributed by atoms with Crippen LogP contribution in [0.5, 0.6) is 0 Å². The molecule has 1 aliphatic heterocycles. The summed E-state index contributed by atoms with van der Waals surface area (Å²) in [5.41, 5.74) is 4.42. The lowest BCUT2D eigenvalue weighted by Gasteiger charge is -2.13. The minimum atomic E-state index is -0.758. The van der Waals surface area contributed by atoms with Crippen LogP contribution in [-0.4, -0.2) is 18.5 Å². The van der Waals surface area contributed by atoms with E-state index in [1.807, 2.05) is 0 Å². The molecule has 2 rings (SSSR count). The summed E-state index contributed by atoms with van der Waals surface area (Å²) in [6, 6.07) is 4.68. The Morgan fingerprint density at radius 2 is 1.73 bits per heavy atom. The average Bonchev–Trinajstić information content (AvgIpc) is 2.83. The molecule has 0 atom stereocenters. The molecule has 1 aromatic carbocycles. The van der Waals surface area contributed by atoms with Crippen molar-refractivity contribution in [2.24, 2.45) is 0 Å². The first kappa shape index (κ1) is 10.9. The van der Waals surface area contributed by atoms with E-state index in [0.717, 1.165) is 0 Å². The van der Waals surface area contributed by atoms with Crippen LogP contribution in [0, 0.1) is 20.8 Å². The minimum absolute atomic E-state index is 0.758. The molecule has 1 fully saturated rings. The SMILES string of the molecule is C=CC[P+]1(c2c(C)cc(C)cc2C)CC1. The molecule has 0 spiro atoms. The molecule has 1 aromatic rings. The number of hydrogen-bond acceptors (Lipinski definition) is 0. The second-order valence-corrected chi connectivity index (χ2v) is 8.81. The van der Waals surface area contributed by atoms with Crippen LogP contribution in [0.3, 0.4) is 0 Å². The van der Waals surface area contributed by atoms with Crippen molar-refractivity contribution < 1.29 is 0 Å². The van der Waals surface area contributed by atoms with Crippen molar-refractivity contribution in [2.75, 3.05) is 18.5 Å². The molecule has 0 aliphatic carbocycles. The molecule has 0 saturated carbocycles. The smallest absolute Gasteiger partial charge is 0.0995 e. The summed E-state index contributed by atoms with van der Waals surface area (Å²) in [5.74, 6) is 0. The van der Waals surface area contributed by atoms with Crippen LogP contribution in [0.2, 0.25) is 0 Å². The van der Waals surface area contributed by atoms with Gasteiger partial charge in [-0.2, -0.15) is 0 Å². The number of benzene rings is 1. The Labute approximate surface area is 93.7 Å². The fourth-order valence-corrected chi connectivity index (χ4v) is 6.87. The molecular weight excluding hydrogens is 199 g/mol. The van der Waals surface area contributed by atoms with Gasteiger partial charge < -0.3 is 0 Å². The molecule has 0 nitrogen and oxygen atoms in total. The van der Waals surface area contributed by atoms with Gasteiger partial charge in [-0.1, -0.05) is 30.4 Å². The Morgan fingerprint density at radius 3 is 2.13 bits per heavy atom. The van der Waals surface area contributed by atoms with E-state index in [0.29, 0.717) is 0 Å². The summed E-state index contributed by atoms with van der Waals surface area (Å²) < 4.78 is 0. The van der Waals surface area contributed by atoms with E-state index in [1.54, 1.807) is 5.30 Å². The van der Waals surface area contributed by atoms with Gasteiger partial charge in [0.2, 0.25) is 0 Å². The summed E-state index contributed by atoms with van der Waals surface area (Å²) in [6.07, 6.45) is 6.27. The highest BCUT2D eigenvalue weighted by Gasteiger charge is 2.54. The summed E-state index contributed by atoms with van der Waals surface area (Å²) in [6.45, 7) is 10.7. The average molecular weight is 219 g/mol. The molecule has 1 aliphatic rings. The van der Waals surface area contributed by atoms with Crippen molar-refractivity contribution >= 4 is 12.6 Å². The number of allylic oxidation sites excluding steroid dienone is 1. The first-order valence-electron chi connectivity index (χ1n) is 5.64. The standard InChI is InChI=1S/C14H20P/c1-5-6-15(7-8-15)14-12(3)9-11(2)10-13(14)4/h5,9-10H,1,6-8H2,2-4H3/q+1. The van der Waals surface area contributed by atoms with Crippen LogP contribution in [0.15, 0.2) is 24.8 Å². The van der Waals surface area contributed by atoms with Crippen molar-refractivity contribution in [3.63, 3.8) is 0 Å². The normalized spacial score (nSPS) is 17.5. The Bertz CT molecular complexity index is 377. The van der Waals surface area contributed by atoms with E-state index in [1.165, 1.54) is 35.2 Å². The van der Waals surface area contributed by atoms with Crippen LogP contribution < -0.4 is 5.30 Å². The lowest BCUT2D eigenvalue weighted by atomic mass is 10.1. The topological polar surface area (TPSA) is 0 Å². The van der Waals surface area contributed by atoms with Gasteiger partial charge in [-0.3, -0.25) is 0 Å². The molecule has 0 N–H and O–H groups in total. The molecule has 1 heterocycles. The highest BCUT2D eigenvalue weighted by Crippen LogP contribution is 2.71. The van der Waals surface area contributed by atoms with Gasteiger partial charge in [0.1, 0.15) is 5.30 Å². The summed E-state index contributed by atoms with van der Waals surface area (Å²) in [7, 11) is -0.758. The minimum Gasteiger partial charge on any atom is -0.0995 e. The van der Waals surface area contributed by atoms with E-state index in [9.17, 15) is 0 Å². The quantitative estimate of drug-likeness (QED) is 0.539. The molecule has 0 amide bonds. The van der Waals surface area contributed by atoms with E-state index in [4.69, 9.17) is 0 Å². The monoisotopic (exact) mass is 219 g/mol. The Kier molecular flexibility index (Phi) is 2.73. The Hall–Kier alpha value is -0.610. The predicted octanol–water partition coefficient (Wildman–Crippen LogP) is 3.45. The molecule has 1 heteroatoms. The van der Waals surface area contributed by atoms with Crippen LogP contribution in [0.4, 0.5) is 0 Å². The van der Waals surface area contributed by atoms with Gasteiger partial charge in [-0.05, 0) is 31.9 Å². The van der Waals surface area contributed by atoms with E-state index in [-0.39, 0.29) is 0 Å². The zero-order chi connectivity index (χ0) is 11.1. The second-order valence-electron chi connectivity index (χ2n) is 4.81. The second kappa shape index (κ2) is 3.76. The highest BCUT2D eigenvalue weighted by molar-refractivity contribution is 7.89. The van der Waals surface area contributed by atoms with Crippen molar-refractivity contribution in [3.05, 3.63) is 41.5 Å². The largest absolute Gasteiger partial charge is 0.100 e. The number of aryl methyl sites for hydroxylation is 3. The van der Waals surface area contributed by atoms with Gasteiger partial charge in [0.05, 0.1) is 25.7 Å². The molecule has 15 heavy (non-hydrogen) atoms. The number of rotatable bonds is 3. The van der Waals surface area contributed by atoms with Gasteiger partial charge >= 0.3 is 0 Å². The van der Waals surface area contributed by atoms with E-state index >= 15 is 0 Å². The van der Waals surface area contributed by atoms with E-state index in [2.05, 4.69) is 45.6 Å². The van der Waals surface area contributed by atoms with Crippen LogP contribution in [-0.2, 0) is 0 Å². The zero-order valence-electron chi connectivity index (χ0n) is 10.0. The third kappa shape index (κ3) is 1.88. The van der Waals surface area contributed by atoms with Crippen LogP contribution >= 0.6 is 7.26 Å². The van der Waals surface area contributed by atoms with Gasteiger partial charge in [0.15, 0.2) is 0 Å². The molecular formula is C14H20P+. The fourth-order valence-electron chi connectivity index (χ4n) is 2.79. The van der Waals surface area contributed by atoms with Gasteiger partial charge in [-0.25, -0.2) is 0 Å². The van der Waals surface area contributed by atoms with Crippen molar-refractivity contribution in [2.45, 2.75) is 20.8 Å². The maximum Gasteiger partial charge on any atom is 0.100 e. The number of hydrogen-bond donors (Lipinski definition) is 0. The molecule has 1 saturated heterocycles. The summed E-state index contributed by atoms with van der Waals surface area (Å²) in [5, 5.41) is 1.70. The van der Waals surface area contributed by atoms with Crippen LogP contribution in [0.25, 0.3) is 0 Å². The Morgan fingerprint density at radius 1 is 1.20 bits per heavy atom. The first-order chi connectivity index (χ1) is 7.09. The maximum absolute atomic E-state index is 3.92. The van der Waals surface area contributed by atoms with E-state index < -0.39 is 7.26 Å². The van der Waals surface area contributed by atoms with Crippen molar-refractivity contribution in [1.29, 1.82) is 0 Å². The lowest BCUT2D eigenvalue weighted by Crippen LogP contribution is -2.13. The third-order valence-corrected chi connectivity index (χ3v) is 7.49. The van der Waals surface area contributed by atoms with Gasteiger partial charge in [0.25, 0.3) is 0 Å². The third-order valence-electron chi connectivity index (χ3n) is 3.35. The van der Waals surface area contributed by atoms with Gasteiger partial charge in [-0.15, -0.1) is 0 Å². The van der Waals surface area contributed by atoms with Crippen molar-refractivity contribution in [1.82, 2.24) is 0 Å². The Balaban J connectivity index is 2.48. The summed E-state index contributed by atoms with van der Waals surface area (Å²) >= 11 is 0. The summed E-state index contributed by atoms with van der Waals surface area (Å²) in [4.78, 5) is 0. The molecule has 0 unspecified atom stereocenters. The molecule has 80 valence electrons. The highest BCUT2D eigenvalue weighted by atomic mass is 31.2. The first-order valence-corrected chi connectivity index (χ1v) is 7.99. The zero-order valence-corrected chi connectivity index (χ0v) is 10.9. The maximum atomic E-state index is 3.92. The molecule has 0 bridgehead atoms.